The van der Waals surface area contributed by atoms with Crippen LogP contribution in [0.2, 0.25) is 5.02 Å². The van der Waals surface area contributed by atoms with Gasteiger partial charge in [0.2, 0.25) is 17.7 Å². The highest BCUT2D eigenvalue weighted by molar-refractivity contribution is 6.35. The summed E-state index contributed by atoms with van der Waals surface area (Å²) in [5.74, 6) is -2.66. The number of phenols is 1. The number of aromatic hydroxyl groups is 1. The molecule has 0 radical (unpaired) electrons. The maximum Gasteiger partial charge on any atom is 0.319 e. The van der Waals surface area contributed by atoms with E-state index in [1.165, 1.54) is 12.1 Å². The Kier molecular flexibility index (Phi) is 14.0. The zero-order chi connectivity index (χ0) is 48.3. The Morgan fingerprint density at radius 2 is 1.71 bits per heavy atom. The molecule has 0 aliphatic carbocycles. The second kappa shape index (κ2) is 20.5. The molecule has 4 aliphatic heterocycles. The monoisotopic (exact) mass is 962 g/mol. The average Bonchev–Trinajstić information content (AvgIpc) is 3.60. The van der Waals surface area contributed by atoms with Crippen molar-refractivity contribution < 1.29 is 47.7 Å². The first-order valence-electron chi connectivity index (χ1n) is 23.1. The number of carbonyl (C=O) groups is 5. The Morgan fingerprint density at radius 3 is 2.48 bits per heavy atom. The number of halogens is 2. The van der Waals surface area contributed by atoms with Crippen LogP contribution in [0.5, 0.6) is 11.8 Å². The van der Waals surface area contributed by atoms with Gasteiger partial charge in [-0.3, -0.25) is 39.1 Å². The Morgan fingerprint density at radius 1 is 0.928 bits per heavy atom. The normalized spacial score (nSPS) is 18.5. The highest BCUT2D eigenvalue weighted by Crippen LogP contribution is 2.43. The van der Waals surface area contributed by atoms with Crippen molar-refractivity contribution in [2.24, 2.45) is 0 Å². The summed E-state index contributed by atoms with van der Waals surface area (Å²) >= 11 is 6.91. The average molecular weight is 963 g/mol. The minimum Gasteiger partial charge on any atom is -0.508 e. The third-order valence-electron chi connectivity index (χ3n) is 13.0. The lowest BCUT2D eigenvalue weighted by molar-refractivity contribution is -0.136. The SMILES string of the molecule is C=CC(=O)N1CCN(c2nc(O[C@H](C)CN3CCC(OCCOCCNc4cccc5c4C(=O)N(C4CCC(=O)NC4=O)C5=O)CC3)nc3c(F)c(-c4cc(O)cc5ccccc45)c(Cl)cc23)CC1. The number of fused-ring (bicyclic) bond motifs is 3. The molecule has 3 fully saturated rings. The van der Waals surface area contributed by atoms with Crippen LogP contribution < -0.4 is 20.3 Å². The maximum atomic E-state index is 17.1. The highest BCUT2D eigenvalue weighted by atomic mass is 35.5. The summed E-state index contributed by atoms with van der Waals surface area (Å²) in [4.78, 5) is 79.3. The molecule has 5 aromatic rings. The summed E-state index contributed by atoms with van der Waals surface area (Å²) in [6.45, 7) is 10.7. The van der Waals surface area contributed by atoms with Gasteiger partial charge in [0, 0.05) is 75.4 Å². The molecule has 1 aromatic heterocycles. The Labute approximate surface area is 402 Å². The summed E-state index contributed by atoms with van der Waals surface area (Å²) in [6.07, 6.45) is 2.69. The molecule has 5 heterocycles. The second-order valence-corrected chi connectivity index (χ2v) is 17.9. The van der Waals surface area contributed by atoms with Gasteiger partial charge in [0.25, 0.3) is 11.8 Å². The van der Waals surface area contributed by atoms with Crippen molar-refractivity contribution in [2.75, 3.05) is 82.4 Å². The number of phenolic OH excluding ortho intramolecular Hbond substituents is 1. The minimum absolute atomic E-state index is 0.00338. The number of amides is 5. The molecule has 1 unspecified atom stereocenters. The number of nitrogens with one attached hydrogen (secondary N) is 2. The van der Waals surface area contributed by atoms with Gasteiger partial charge in [0.15, 0.2) is 5.82 Å². The summed E-state index contributed by atoms with van der Waals surface area (Å²) < 4.78 is 35.4. The van der Waals surface area contributed by atoms with Crippen molar-refractivity contribution in [3.05, 3.63) is 95.3 Å². The van der Waals surface area contributed by atoms with Crippen molar-refractivity contribution in [1.82, 2.24) is 30.0 Å². The molecule has 4 aromatic carbocycles. The molecule has 2 atom stereocenters. The van der Waals surface area contributed by atoms with E-state index in [4.69, 9.17) is 30.8 Å². The first kappa shape index (κ1) is 47.3. The Hall–Kier alpha value is -6.73. The topological polar surface area (TPSA) is 196 Å². The zero-order valence-corrected chi connectivity index (χ0v) is 38.8. The van der Waals surface area contributed by atoms with E-state index in [1.54, 1.807) is 35.2 Å². The van der Waals surface area contributed by atoms with E-state index >= 15 is 4.39 Å². The first-order chi connectivity index (χ1) is 33.4. The largest absolute Gasteiger partial charge is 0.508 e. The molecular formula is C50H52ClFN8O9. The number of benzene rings is 4. The molecule has 69 heavy (non-hydrogen) atoms. The molecule has 0 saturated carbocycles. The number of hydrogen-bond donors (Lipinski definition) is 3. The molecule has 3 saturated heterocycles. The molecule has 9 rings (SSSR count). The fourth-order valence-electron chi connectivity index (χ4n) is 9.61. The van der Waals surface area contributed by atoms with Gasteiger partial charge < -0.3 is 34.4 Å². The van der Waals surface area contributed by atoms with Gasteiger partial charge in [-0.05, 0) is 78.9 Å². The Balaban J connectivity index is 0.779. The third-order valence-corrected chi connectivity index (χ3v) is 13.3. The number of hydrogen-bond acceptors (Lipinski definition) is 14. The number of nitrogens with zero attached hydrogens (tertiary/aromatic N) is 6. The number of piperazine rings is 1. The first-order valence-corrected chi connectivity index (χ1v) is 23.5. The van der Waals surface area contributed by atoms with E-state index in [-0.39, 0.29) is 69.9 Å². The number of carbonyl (C=O) groups excluding carboxylic acids is 5. The van der Waals surface area contributed by atoms with Crippen molar-refractivity contribution in [3.8, 4) is 22.9 Å². The molecule has 5 amide bonds. The van der Waals surface area contributed by atoms with Crippen molar-refractivity contribution >= 4 is 74.3 Å². The molecule has 360 valence electrons. The van der Waals surface area contributed by atoms with E-state index in [0.717, 1.165) is 36.2 Å². The molecule has 0 spiro atoms. The van der Waals surface area contributed by atoms with Crippen LogP contribution in [0.15, 0.2) is 73.3 Å². The predicted molar refractivity (Wildman–Crippen MR) is 256 cm³/mol. The molecule has 3 N–H and O–H groups in total. The van der Waals surface area contributed by atoms with Gasteiger partial charge >= 0.3 is 6.01 Å². The fraction of sp³-hybridized carbons (Fsp3) is 0.380. The van der Waals surface area contributed by atoms with Gasteiger partial charge in [0.1, 0.15) is 29.2 Å². The maximum absolute atomic E-state index is 17.1. The van der Waals surface area contributed by atoms with Crippen LogP contribution in [0.4, 0.5) is 15.9 Å². The van der Waals surface area contributed by atoms with Crippen LogP contribution in [-0.4, -0.2) is 150 Å². The zero-order valence-electron chi connectivity index (χ0n) is 38.0. The predicted octanol–water partition coefficient (Wildman–Crippen LogP) is 5.56. The number of ether oxygens (including phenoxy) is 3. The van der Waals surface area contributed by atoms with E-state index in [2.05, 4.69) is 27.1 Å². The number of likely N-dealkylation sites (tertiary alicyclic amines) is 1. The molecule has 0 bridgehead atoms. The van der Waals surface area contributed by atoms with Crippen molar-refractivity contribution in [3.63, 3.8) is 0 Å². The number of imide groups is 2. The number of piperidine rings is 2. The van der Waals surface area contributed by atoms with E-state index in [1.807, 2.05) is 36.1 Å². The standard InChI is InChI=1S/C50H52ClFN8O9/c1-3-41(63)58-18-20-59(21-19-58)46-36-27-37(51)42(35-26-31(61)25-30-7-4-5-8-33(30)35)44(52)45(36)55-50(56-46)69-29(2)28-57-16-13-32(14-17-57)68-24-23-67-22-15-53-38-10-6-9-34-43(38)49(66)60(48(34)65)39-11-12-40(62)54-47(39)64/h3-10,25-27,29,32,39,53,61H,1,11-24,28H2,2H3,(H,54,62,64)/t29-,39?/m1/s1. The van der Waals surface area contributed by atoms with E-state index in [0.29, 0.717) is 86.9 Å². The molecule has 19 heteroatoms. The van der Waals surface area contributed by atoms with Crippen LogP contribution in [-0.2, 0) is 23.9 Å². The van der Waals surface area contributed by atoms with Crippen LogP contribution in [0, 0.1) is 5.82 Å². The van der Waals surface area contributed by atoms with Crippen LogP contribution in [0.3, 0.4) is 0 Å². The number of aromatic nitrogens is 2. The number of rotatable bonds is 16. The Bertz CT molecular complexity index is 2850. The van der Waals surface area contributed by atoms with E-state index in [9.17, 15) is 29.1 Å². The second-order valence-electron chi connectivity index (χ2n) is 17.5. The lowest BCUT2D eigenvalue weighted by atomic mass is 9.96. The van der Waals surface area contributed by atoms with E-state index < -0.39 is 35.5 Å². The fourth-order valence-corrected chi connectivity index (χ4v) is 9.90. The quantitative estimate of drug-likeness (QED) is 0.0632. The van der Waals surface area contributed by atoms with Crippen molar-refractivity contribution in [2.45, 2.75) is 50.9 Å². The summed E-state index contributed by atoms with van der Waals surface area (Å²) in [6, 6.07) is 16.0. The van der Waals surface area contributed by atoms with Gasteiger partial charge in [0.05, 0.1) is 42.1 Å². The van der Waals surface area contributed by atoms with Crippen LogP contribution in [0.1, 0.15) is 53.3 Å². The van der Waals surface area contributed by atoms with Gasteiger partial charge in [-0.2, -0.15) is 9.97 Å². The smallest absolute Gasteiger partial charge is 0.319 e. The lowest BCUT2D eigenvalue weighted by Gasteiger charge is -2.35. The highest BCUT2D eigenvalue weighted by Gasteiger charge is 2.45. The van der Waals surface area contributed by atoms with Gasteiger partial charge in [-0.25, -0.2) is 4.39 Å². The summed E-state index contributed by atoms with van der Waals surface area (Å²) in [5.41, 5.74) is 1.40. The van der Waals surface area contributed by atoms with Crippen LogP contribution >= 0.6 is 11.6 Å². The molecule has 17 nitrogen and oxygen atoms in total. The van der Waals surface area contributed by atoms with Crippen molar-refractivity contribution in [1.29, 1.82) is 0 Å². The van der Waals surface area contributed by atoms with Crippen LogP contribution in [0.25, 0.3) is 32.8 Å². The summed E-state index contributed by atoms with van der Waals surface area (Å²) in [7, 11) is 0. The summed E-state index contributed by atoms with van der Waals surface area (Å²) in [5, 5.41) is 18.0. The van der Waals surface area contributed by atoms with Gasteiger partial charge in [-0.1, -0.05) is 48.5 Å². The molecular weight excluding hydrogens is 911 g/mol. The minimum atomic E-state index is -1.04. The lowest BCUT2D eigenvalue weighted by Crippen LogP contribution is -2.54. The third kappa shape index (κ3) is 9.92. The molecule has 4 aliphatic rings. The number of anilines is 2. The van der Waals surface area contributed by atoms with Gasteiger partial charge in [-0.15, -0.1) is 0 Å².